The molecule has 4 N–H and O–H groups in total. The number of fused-ring (bicyclic) bond motifs is 6. The Morgan fingerprint density at radius 2 is 1.38 bits per heavy atom. The molecule has 0 amide bonds. The molecule has 1 aromatic carbocycles. The fraction of sp³-hybridized carbons (Fsp3) is 0.190. The molecule has 4 rings (SSSR count). The van der Waals surface area contributed by atoms with Gasteiger partial charge in [0.15, 0.2) is 11.6 Å². The van der Waals surface area contributed by atoms with Gasteiger partial charge in [0.1, 0.15) is 0 Å². The molecule has 198 valence electrons. The molecule has 3 heterocycles. The van der Waals surface area contributed by atoms with Crippen LogP contribution in [0.25, 0.3) is 0 Å². The third kappa shape index (κ3) is 9.58. The van der Waals surface area contributed by atoms with Crippen LogP contribution < -0.4 is 10.6 Å². The first-order chi connectivity index (χ1) is 17.1. The first-order valence-electron chi connectivity index (χ1n) is 9.85. The summed E-state index contributed by atoms with van der Waals surface area (Å²) in [5.74, 6) is -5.55. The van der Waals surface area contributed by atoms with E-state index in [1.807, 2.05) is 30.5 Å². The number of alkyl halides is 6. The number of nitrogens with zero attached hydrogens (tertiary/aromatic N) is 3. The minimum Gasteiger partial charge on any atom is -0.475 e. The summed E-state index contributed by atoms with van der Waals surface area (Å²) in [5, 5.41) is 20.3. The molecule has 6 bridgehead atoms. The fourth-order valence-electron chi connectivity index (χ4n) is 2.57. The molecular formula is C21H16F7N5O4. The number of rotatable bonds is 0. The highest BCUT2D eigenvalue weighted by Gasteiger charge is 2.38. The highest BCUT2D eigenvalue weighted by atomic mass is 19.4. The molecule has 0 saturated heterocycles. The van der Waals surface area contributed by atoms with Gasteiger partial charge in [0.05, 0.1) is 18.1 Å². The summed E-state index contributed by atoms with van der Waals surface area (Å²) >= 11 is 0. The summed E-state index contributed by atoms with van der Waals surface area (Å²) in [6, 6.07) is 9.91. The van der Waals surface area contributed by atoms with Gasteiger partial charge in [-0.2, -0.15) is 31.3 Å². The number of nitrogens with one attached hydrogen (secondary N) is 2. The van der Waals surface area contributed by atoms with Gasteiger partial charge in [0.25, 0.3) is 0 Å². The lowest BCUT2D eigenvalue weighted by Gasteiger charge is -2.09. The van der Waals surface area contributed by atoms with E-state index in [1.54, 1.807) is 6.20 Å². The van der Waals surface area contributed by atoms with Gasteiger partial charge in [-0.15, -0.1) is 0 Å². The largest absolute Gasteiger partial charge is 0.490 e. The molecule has 0 unspecified atom stereocenters. The zero-order chi connectivity index (χ0) is 27.8. The lowest BCUT2D eigenvalue weighted by molar-refractivity contribution is -0.193. The van der Waals surface area contributed by atoms with Crippen molar-refractivity contribution >= 4 is 35.1 Å². The normalized spacial score (nSPS) is 12.3. The van der Waals surface area contributed by atoms with E-state index in [-0.39, 0.29) is 5.82 Å². The quantitative estimate of drug-likeness (QED) is 0.297. The number of anilines is 4. The Morgan fingerprint density at radius 3 is 1.97 bits per heavy atom. The van der Waals surface area contributed by atoms with E-state index in [4.69, 9.17) is 19.8 Å². The summed E-state index contributed by atoms with van der Waals surface area (Å²) < 4.78 is 77.4. The number of aromatic nitrogens is 3. The van der Waals surface area contributed by atoms with Crippen molar-refractivity contribution in [3.8, 4) is 0 Å². The van der Waals surface area contributed by atoms with E-state index < -0.39 is 30.1 Å². The second-order valence-corrected chi connectivity index (χ2v) is 7.03. The summed E-state index contributed by atoms with van der Waals surface area (Å²) in [5.41, 5.74) is 3.87. The van der Waals surface area contributed by atoms with Gasteiger partial charge in [-0.05, 0) is 42.2 Å². The average molecular weight is 535 g/mol. The monoisotopic (exact) mass is 535 g/mol. The summed E-state index contributed by atoms with van der Waals surface area (Å²) in [6.07, 6.45) is -3.71. The zero-order valence-electron chi connectivity index (χ0n) is 18.2. The van der Waals surface area contributed by atoms with Crippen molar-refractivity contribution in [2.24, 2.45) is 0 Å². The van der Waals surface area contributed by atoms with Crippen LogP contribution in [0.4, 0.5) is 53.9 Å². The van der Waals surface area contributed by atoms with Gasteiger partial charge in [0.2, 0.25) is 5.95 Å². The summed E-state index contributed by atoms with van der Waals surface area (Å²) in [4.78, 5) is 30.2. The van der Waals surface area contributed by atoms with Crippen molar-refractivity contribution in [2.45, 2.75) is 25.2 Å². The maximum Gasteiger partial charge on any atom is 0.490 e. The second kappa shape index (κ2) is 12.0. The molecule has 0 radical (unpaired) electrons. The van der Waals surface area contributed by atoms with Gasteiger partial charge in [-0.25, -0.2) is 19.0 Å². The molecule has 0 atom stereocenters. The van der Waals surface area contributed by atoms with Crippen LogP contribution in [0.5, 0.6) is 0 Å². The van der Waals surface area contributed by atoms with Crippen molar-refractivity contribution in [1.29, 1.82) is 0 Å². The molecule has 0 aliphatic carbocycles. The van der Waals surface area contributed by atoms with Gasteiger partial charge >= 0.3 is 24.3 Å². The Kier molecular flexibility index (Phi) is 9.29. The van der Waals surface area contributed by atoms with Gasteiger partial charge in [-0.3, -0.25) is 4.98 Å². The van der Waals surface area contributed by atoms with E-state index in [9.17, 15) is 30.7 Å². The molecular weight excluding hydrogens is 519 g/mol. The maximum atomic E-state index is 14.0. The lowest BCUT2D eigenvalue weighted by atomic mass is 10.0. The van der Waals surface area contributed by atoms with E-state index >= 15 is 0 Å². The minimum atomic E-state index is -5.08. The molecule has 16 heteroatoms. The Balaban J connectivity index is 0.000000286. The number of carbonyl (C=O) groups is 2. The number of carboxylic acids is 2. The maximum absolute atomic E-state index is 14.0. The summed E-state index contributed by atoms with van der Waals surface area (Å²) in [6.45, 7) is 0. The molecule has 0 spiro atoms. The molecule has 3 aromatic rings. The third-order valence-electron chi connectivity index (χ3n) is 4.17. The number of pyridine rings is 1. The number of hydrogen-bond acceptors (Lipinski definition) is 7. The number of aryl methyl sites for hydroxylation is 2. The first-order valence-corrected chi connectivity index (χ1v) is 9.85. The topological polar surface area (TPSA) is 137 Å². The SMILES string of the molecule is Fc1cnc2nc1Nc1cccc(c1)CCc1cncc(c1)N2.O=C(O)C(F)(F)F.O=C(O)C(F)(F)F. The van der Waals surface area contributed by atoms with Gasteiger partial charge in [-0.1, -0.05) is 12.1 Å². The Bertz CT molecular complexity index is 1230. The zero-order valence-corrected chi connectivity index (χ0v) is 18.2. The van der Waals surface area contributed by atoms with Crippen molar-refractivity contribution in [1.82, 2.24) is 15.0 Å². The Morgan fingerprint density at radius 1 is 0.811 bits per heavy atom. The fourth-order valence-corrected chi connectivity index (χ4v) is 2.57. The van der Waals surface area contributed by atoms with E-state index in [1.165, 1.54) is 5.56 Å². The number of carboxylic acid groups (broad SMARTS) is 2. The first kappa shape index (κ1) is 28.7. The number of benzene rings is 1. The van der Waals surface area contributed by atoms with Crippen molar-refractivity contribution < 1.29 is 50.5 Å². The predicted molar refractivity (Wildman–Crippen MR) is 114 cm³/mol. The highest BCUT2D eigenvalue weighted by molar-refractivity contribution is 5.73. The van der Waals surface area contributed by atoms with Crippen LogP contribution in [0.1, 0.15) is 11.1 Å². The molecule has 2 aromatic heterocycles. The standard InChI is InChI=1S/C17H14FN5.2C2HF3O2/c18-15-10-20-17-22-14-7-12(8-19-9-14)5-4-11-2-1-3-13(6-11)21-16(15)23-17;2*3-2(4,5)1(6)7/h1-3,6-10H,4-5H2,(H2,20,21,22,23);2*(H,6,7). The molecule has 9 nitrogen and oxygen atoms in total. The van der Waals surface area contributed by atoms with E-state index in [2.05, 4.69) is 31.7 Å². The van der Waals surface area contributed by atoms with Crippen LogP contribution in [0.3, 0.4) is 0 Å². The Hall–Kier alpha value is -4.50. The number of aliphatic carboxylic acids is 2. The van der Waals surface area contributed by atoms with Crippen molar-refractivity contribution in [3.05, 3.63) is 65.9 Å². The van der Waals surface area contributed by atoms with Crippen LogP contribution in [-0.4, -0.2) is 49.5 Å². The van der Waals surface area contributed by atoms with Gasteiger partial charge in [0, 0.05) is 11.9 Å². The van der Waals surface area contributed by atoms with Crippen LogP contribution >= 0.6 is 0 Å². The average Bonchev–Trinajstić information content (AvgIpc) is 2.80. The third-order valence-corrected chi connectivity index (χ3v) is 4.17. The van der Waals surface area contributed by atoms with Crippen LogP contribution in [0, 0.1) is 5.82 Å². The molecule has 37 heavy (non-hydrogen) atoms. The van der Waals surface area contributed by atoms with Crippen LogP contribution in [-0.2, 0) is 22.4 Å². The van der Waals surface area contributed by atoms with E-state index in [0.717, 1.165) is 36.0 Å². The molecule has 0 saturated carbocycles. The van der Waals surface area contributed by atoms with Crippen molar-refractivity contribution in [3.63, 3.8) is 0 Å². The Labute approximate surface area is 203 Å². The van der Waals surface area contributed by atoms with E-state index in [0.29, 0.717) is 5.95 Å². The van der Waals surface area contributed by atoms with Crippen LogP contribution in [0.15, 0.2) is 48.9 Å². The predicted octanol–water partition coefficient (Wildman–Crippen LogP) is 4.86. The minimum absolute atomic E-state index is 0.142. The number of hydrogen-bond donors (Lipinski definition) is 4. The number of halogens is 7. The second-order valence-electron chi connectivity index (χ2n) is 7.03. The van der Waals surface area contributed by atoms with Crippen LogP contribution in [0.2, 0.25) is 0 Å². The smallest absolute Gasteiger partial charge is 0.475 e. The molecule has 1 aliphatic rings. The lowest BCUT2D eigenvalue weighted by Crippen LogP contribution is -2.21. The molecule has 0 fully saturated rings. The van der Waals surface area contributed by atoms with Gasteiger partial charge < -0.3 is 20.8 Å². The molecule has 1 aliphatic heterocycles. The highest BCUT2D eigenvalue weighted by Crippen LogP contribution is 2.23. The van der Waals surface area contributed by atoms with Crippen molar-refractivity contribution in [2.75, 3.05) is 10.6 Å². The summed E-state index contributed by atoms with van der Waals surface area (Å²) in [7, 11) is 0.